The standard InChI is InChI=1S/C37H44Cl2N2O5/c1-24-17-34(38)36(35(39)18-24)46-16-15-45-31-10-6-28(7-11-31)32-12-13-40-22-33(32)37(43)41(30-8-9-30)23-27-19-26(5-4-14-44-3)20-29(21-27)25(2)42/h6-7,10-11,17-21,30,32-33,40H,4-5,8-9,12-16,22-23H2,1-3H3/t32-,33+/m1/s1. The molecule has 1 amide bonds. The lowest BCUT2D eigenvalue weighted by Gasteiger charge is -2.36. The van der Waals surface area contributed by atoms with Gasteiger partial charge in [0.15, 0.2) is 11.5 Å². The number of carbonyl (C=O) groups is 2. The highest BCUT2D eigenvalue weighted by atomic mass is 35.5. The molecule has 3 aromatic carbocycles. The maximum Gasteiger partial charge on any atom is 0.228 e. The Bertz CT molecular complexity index is 1490. The Kier molecular flexibility index (Phi) is 12.0. The topological polar surface area (TPSA) is 77.1 Å². The summed E-state index contributed by atoms with van der Waals surface area (Å²) in [5, 5.41) is 4.42. The first-order valence-electron chi connectivity index (χ1n) is 16.2. The molecule has 0 aromatic heterocycles. The highest BCUT2D eigenvalue weighted by Gasteiger charge is 2.40. The van der Waals surface area contributed by atoms with Crippen LogP contribution < -0.4 is 14.8 Å². The highest BCUT2D eigenvalue weighted by molar-refractivity contribution is 6.37. The molecule has 7 nitrogen and oxygen atoms in total. The first-order valence-corrected chi connectivity index (χ1v) is 16.9. The Morgan fingerprint density at radius 1 is 0.913 bits per heavy atom. The monoisotopic (exact) mass is 666 g/mol. The van der Waals surface area contributed by atoms with E-state index in [1.165, 1.54) is 0 Å². The molecule has 0 unspecified atom stereocenters. The van der Waals surface area contributed by atoms with E-state index >= 15 is 0 Å². The number of ketones is 1. The number of methoxy groups -OCH3 is 1. The van der Waals surface area contributed by atoms with Crippen molar-refractivity contribution in [2.45, 2.75) is 64.5 Å². The normalized spacial score (nSPS) is 17.8. The van der Waals surface area contributed by atoms with E-state index in [0.717, 1.165) is 66.7 Å². The van der Waals surface area contributed by atoms with Gasteiger partial charge in [0.05, 0.1) is 16.0 Å². The van der Waals surface area contributed by atoms with E-state index < -0.39 is 0 Å². The van der Waals surface area contributed by atoms with Crippen molar-refractivity contribution in [3.8, 4) is 11.5 Å². The van der Waals surface area contributed by atoms with E-state index in [0.29, 0.717) is 54.3 Å². The van der Waals surface area contributed by atoms with Crippen molar-refractivity contribution >= 4 is 34.9 Å². The molecule has 5 rings (SSSR count). The van der Waals surface area contributed by atoms with Crippen LogP contribution in [0.4, 0.5) is 0 Å². The molecule has 1 aliphatic carbocycles. The first kappa shape index (κ1) is 34.2. The van der Waals surface area contributed by atoms with Crippen molar-refractivity contribution < 1.29 is 23.8 Å². The number of hydrogen-bond donors (Lipinski definition) is 1. The maximum atomic E-state index is 14.3. The second kappa shape index (κ2) is 16.1. The Labute approximate surface area is 282 Å². The quantitative estimate of drug-likeness (QED) is 0.134. The maximum absolute atomic E-state index is 14.3. The van der Waals surface area contributed by atoms with Crippen molar-refractivity contribution in [3.63, 3.8) is 0 Å². The fourth-order valence-electron chi connectivity index (χ4n) is 6.26. The Morgan fingerprint density at radius 3 is 2.28 bits per heavy atom. The van der Waals surface area contributed by atoms with Gasteiger partial charge in [-0.3, -0.25) is 9.59 Å². The number of carbonyl (C=O) groups excluding carboxylic acids is 2. The van der Waals surface area contributed by atoms with E-state index in [4.69, 9.17) is 37.4 Å². The van der Waals surface area contributed by atoms with Crippen molar-refractivity contribution in [3.05, 3.63) is 92.5 Å². The number of piperidine rings is 1. The third-order valence-corrected chi connectivity index (χ3v) is 9.31. The number of amides is 1. The number of nitrogens with one attached hydrogen (secondary N) is 1. The molecule has 0 radical (unpaired) electrons. The van der Waals surface area contributed by atoms with Gasteiger partial charge in [-0.2, -0.15) is 0 Å². The van der Waals surface area contributed by atoms with Gasteiger partial charge in [-0.25, -0.2) is 0 Å². The lowest BCUT2D eigenvalue weighted by Crippen LogP contribution is -2.47. The van der Waals surface area contributed by atoms with E-state index in [1.54, 1.807) is 14.0 Å². The highest BCUT2D eigenvalue weighted by Crippen LogP contribution is 2.37. The van der Waals surface area contributed by atoms with Gasteiger partial charge >= 0.3 is 0 Å². The molecule has 0 bridgehead atoms. The van der Waals surface area contributed by atoms with Gasteiger partial charge < -0.3 is 24.4 Å². The van der Waals surface area contributed by atoms with Gasteiger partial charge in [0.2, 0.25) is 5.91 Å². The summed E-state index contributed by atoms with van der Waals surface area (Å²) in [5.74, 6) is 1.35. The number of rotatable bonds is 15. The SMILES string of the molecule is COCCCc1cc(CN(C(=O)[C@H]2CNCC[C@@H]2c2ccc(OCCOc3c(Cl)cc(C)cc3Cl)cc2)C2CC2)cc(C(C)=O)c1. The van der Waals surface area contributed by atoms with Gasteiger partial charge in [0, 0.05) is 38.4 Å². The fourth-order valence-corrected chi connectivity index (χ4v) is 6.97. The average molecular weight is 668 g/mol. The zero-order valence-corrected chi connectivity index (χ0v) is 28.5. The third-order valence-electron chi connectivity index (χ3n) is 8.75. The Hall–Kier alpha value is -3.10. The molecule has 1 heterocycles. The summed E-state index contributed by atoms with van der Waals surface area (Å²) >= 11 is 12.6. The van der Waals surface area contributed by atoms with Gasteiger partial charge in [0.25, 0.3) is 0 Å². The van der Waals surface area contributed by atoms with Crippen molar-refractivity contribution in [2.75, 3.05) is 40.0 Å². The predicted octanol–water partition coefficient (Wildman–Crippen LogP) is 7.43. The number of ether oxygens (including phenoxy) is 3. The van der Waals surface area contributed by atoms with Crippen molar-refractivity contribution in [1.29, 1.82) is 0 Å². The summed E-state index contributed by atoms with van der Waals surface area (Å²) in [5.41, 5.74) is 4.92. The number of benzene rings is 3. The minimum atomic E-state index is -0.171. The molecule has 46 heavy (non-hydrogen) atoms. The third kappa shape index (κ3) is 9.03. The van der Waals surface area contributed by atoms with Gasteiger partial charge in [0.1, 0.15) is 19.0 Å². The molecule has 2 aliphatic rings. The molecule has 1 saturated heterocycles. The number of Topliss-reactive ketones (excluding diaryl/α,β-unsaturated/α-hetero) is 1. The summed E-state index contributed by atoms with van der Waals surface area (Å²) in [6.07, 6.45) is 4.62. The van der Waals surface area contributed by atoms with Gasteiger partial charge in [-0.1, -0.05) is 41.4 Å². The zero-order valence-electron chi connectivity index (χ0n) is 27.0. The number of nitrogens with zero attached hydrogens (tertiary/aromatic N) is 1. The molecule has 246 valence electrons. The summed E-state index contributed by atoms with van der Waals surface area (Å²) < 4.78 is 16.9. The minimum absolute atomic E-state index is 0.0377. The molecule has 1 aliphatic heterocycles. The predicted molar refractivity (Wildman–Crippen MR) is 183 cm³/mol. The summed E-state index contributed by atoms with van der Waals surface area (Å²) in [7, 11) is 1.70. The van der Waals surface area contributed by atoms with E-state index in [9.17, 15) is 9.59 Å². The van der Waals surface area contributed by atoms with Crippen LogP contribution in [-0.2, 0) is 22.5 Å². The van der Waals surface area contributed by atoms with E-state index in [2.05, 4.69) is 28.4 Å². The van der Waals surface area contributed by atoms with Crippen LogP contribution in [0.5, 0.6) is 11.5 Å². The summed E-state index contributed by atoms with van der Waals surface area (Å²) in [4.78, 5) is 28.7. The summed E-state index contributed by atoms with van der Waals surface area (Å²) in [6.45, 7) is 6.85. The second-order valence-corrected chi connectivity index (χ2v) is 13.2. The minimum Gasteiger partial charge on any atom is -0.490 e. The van der Waals surface area contributed by atoms with Crippen LogP contribution in [0, 0.1) is 12.8 Å². The molecule has 9 heteroatoms. The smallest absolute Gasteiger partial charge is 0.228 e. The van der Waals surface area contributed by atoms with Crippen LogP contribution in [-0.4, -0.2) is 62.7 Å². The van der Waals surface area contributed by atoms with Crippen molar-refractivity contribution in [1.82, 2.24) is 10.2 Å². The van der Waals surface area contributed by atoms with Crippen LogP contribution >= 0.6 is 23.2 Å². The molecule has 0 spiro atoms. The Balaban J connectivity index is 1.23. The average Bonchev–Trinajstić information content (AvgIpc) is 3.88. The molecule has 1 N–H and O–H groups in total. The second-order valence-electron chi connectivity index (χ2n) is 12.4. The number of hydrogen-bond acceptors (Lipinski definition) is 6. The first-order chi connectivity index (χ1) is 22.2. The van der Waals surface area contributed by atoms with Crippen LogP contribution in [0.25, 0.3) is 0 Å². The number of halogens is 2. The van der Waals surface area contributed by atoms with Crippen LogP contribution in [0.1, 0.15) is 71.1 Å². The van der Waals surface area contributed by atoms with Gasteiger partial charge in [-0.15, -0.1) is 0 Å². The molecular weight excluding hydrogens is 623 g/mol. The van der Waals surface area contributed by atoms with Crippen molar-refractivity contribution in [2.24, 2.45) is 5.92 Å². The van der Waals surface area contributed by atoms with Crippen LogP contribution in [0.15, 0.2) is 54.6 Å². The lowest BCUT2D eigenvalue weighted by atomic mass is 9.80. The van der Waals surface area contributed by atoms with Crippen LogP contribution in [0.3, 0.4) is 0 Å². The lowest BCUT2D eigenvalue weighted by molar-refractivity contribution is -0.138. The number of aryl methyl sites for hydroxylation is 2. The molecule has 2 atom stereocenters. The molecule has 2 fully saturated rings. The van der Waals surface area contributed by atoms with Gasteiger partial charge in [-0.05, 0) is 117 Å². The fraction of sp³-hybridized carbons (Fsp3) is 0.459. The van der Waals surface area contributed by atoms with Crippen LogP contribution in [0.2, 0.25) is 10.0 Å². The molecular formula is C37H44Cl2N2O5. The largest absolute Gasteiger partial charge is 0.490 e. The van der Waals surface area contributed by atoms with E-state index in [1.807, 2.05) is 43.3 Å². The summed E-state index contributed by atoms with van der Waals surface area (Å²) in [6, 6.07) is 18.0. The Morgan fingerprint density at radius 2 is 1.61 bits per heavy atom. The van der Waals surface area contributed by atoms with E-state index in [-0.39, 0.29) is 29.6 Å². The molecule has 3 aromatic rings. The molecule has 1 saturated carbocycles. The zero-order chi connectivity index (χ0) is 32.6.